The molecule has 12 heavy (non-hydrogen) atoms. The molecular weight excluding hydrogens is 172 g/mol. The standard InChI is InChI=1S/C8H16O3Si/c1-12(2,3)8-7(10-8,11-8)5-4-6-9/h9H,4-6H2,1-3H3. The van der Waals surface area contributed by atoms with Gasteiger partial charge in [0.1, 0.15) is 8.07 Å². The minimum Gasteiger partial charge on any atom is -0.396 e. The number of rotatable bonds is 4. The lowest BCUT2D eigenvalue weighted by atomic mass is 10.2. The van der Waals surface area contributed by atoms with Gasteiger partial charge in [0.2, 0.25) is 11.2 Å². The Morgan fingerprint density at radius 3 is 2.17 bits per heavy atom. The van der Waals surface area contributed by atoms with Gasteiger partial charge < -0.3 is 14.6 Å². The first-order valence-corrected chi connectivity index (χ1v) is 7.99. The van der Waals surface area contributed by atoms with Crippen LogP contribution in [-0.4, -0.2) is 31.0 Å². The Morgan fingerprint density at radius 2 is 1.83 bits per heavy atom. The first-order chi connectivity index (χ1) is 5.47. The first kappa shape index (κ1) is 8.68. The SMILES string of the molecule is C[Si](C)(C)C12OC1(CCCO)O2. The van der Waals surface area contributed by atoms with Crippen molar-refractivity contribution in [3.63, 3.8) is 0 Å². The highest BCUT2D eigenvalue weighted by Gasteiger charge is 2.93. The molecule has 0 amide bonds. The molecule has 70 valence electrons. The van der Waals surface area contributed by atoms with E-state index in [0.29, 0.717) is 0 Å². The predicted molar refractivity (Wildman–Crippen MR) is 47.3 cm³/mol. The van der Waals surface area contributed by atoms with Crippen molar-refractivity contribution in [2.24, 2.45) is 0 Å². The summed E-state index contributed by atoms with van der Waals surface area (Å²) in [4.78, 5) is 0. The predicted octanol–water partition coefficient (Wildman–Crippen LogP) is 1.09. The summed E-state index contributed by atoms with van der Waals surface area (Å²) >= 11 is 0. The van der Waals surface area contributed by atoms with Crippen LogP contribution in [0, 0.1) is 0 Å². The third-order valence-electron chi connectivity index (χ3n) is 2.69. The second kappa shape index (κ2) is 2.12. The Bertz CT molecular complexity index is 203. The maximum Gasteiger partial charge on any atom is 0.224 e. The number of aliphatic hydroxyl groups excluding tert-OH is 1. The molecule has 2 saturated heterocycles. The van der Waals surface area contributed by atoms with Crippen molar-refractivity contribution in [3.05, 3.63) is 0 Å². The maximum absolute atomic E-state index is 8.66. The maximum atomic E-state index is 8.66. The molecule has 2 heterocycles. The molecule has 0 radical (unpaired) electrons. The molecule has 1 N–H and O–H groups in total. The quantitative estimate of drug-likeness (QED) is 0.530. The monoisotopic (exact) mass is 188 g/mol. The third-order valence-corrected chi connectivity index (χ3v) is 5.25. The highest BCUT2D eigenvalue weighted by atomic mass is 28.3. The van der Waals surface area contributed by atoms with Crippen LogP contribution in [0.25, 0.3) is 0 Å². The van der Waals surface area contributed by atoms with Crippen LogP contribution in [0.15, 0.2) is 0 Å². The lowest BCUT2D eigenvalue weighted by Gasteiger charge is -2.13. The smallest absolute Gasteiger partial charge is 0.224 e. The van der Waals surface area contributed by atoms with Crippen molar-refractivity contribution in [1.29, 1.82) is 0 Å². The zero-order valence-corrected chi connectivity index (χ0v) is 8.89. The molecule has 0 saturated carbocycles. The average molecular weight is 188 g/mol. The summed E-state index contributed by atoms with van der Waals surface area (Å²) in [7, 11) is -1.32. The number of hydrogen-bond acceptors (Lipinski definition) is 3. The van der Waals surface area contributed by atoms with Crippen LogP contribution in [0.1, 0.15) is 12.8 Å². The minimum atomic E-state index is -1.32. The lowest BCUT2D eigenvalue weighted by Crippen LogP contribution is -2.35. The van der Waals surface area contributed by atoms with E-state index < -0.39 is 8.07 Å². The van der Waals surface area contributed by atoms with Gasteiger partial charge in [-0.15, -0.1) is 0 Å². The summed E-state index contributed by atoms with van der Waals surface area (Å²) in [5, 5.41) is 8.66. The number of fused-ring (bicyclic) bond motifs is 1. The molecular formula is C8H16O3Si. The van der Waals surface area contributed by atoms with Crippen LogP contribution in [0.3, 0.4) is 0 Å². The van der Waals surface area contributed by atoms with Crippen molar-refractivity contribution in [2.75, 3.05) is 6.61 Å². The molecule has 0 aromatic carbocycles. The lowest BCUT2D eigenvalue weighted by molar-refractivity contribution is -0.0743. The van der Waals surface area contributed by atoms with Gasteiger partial charge in [0.25, 0.3) is 0 Å². The van der Waals surface area contributed by atoms with E-state index in [-0.39, 0.29) is 17.8 Å². The van der Waals surface area contributed by atoms with Gasteiger partial charge in [0, 0.05) is 13.0 Å². The van der Waals surface area contributed by atoms with Crippen molar-refractivity contribution >= 4 is 8.07 Å². The van der Waals surface area contributed by atoms with Gasteiger partial charge >= 0.3 is 0 Å². The fourth-order valence-corrected chi connectivity index (χ4v) is 4.09. The largest absolute Gasteiger partial charge is 0.396 e. The van der Waals surface area contributed by atoms with Crippen LogP contribution in [0.4, 0.5) is 0 Å². The van der Waals surface area contributed by atoms with Crippen LogP contribution >= 0.6 is 0 Å². The van der Waals surface area contributed by atoms with Gasteiger partial charge in [-0.25, -0.2) is 0 Å². The molecule has 2 aliphatic heterocycles. The van der Waals surface area contributed by atoms with Gasteiger partial charge in [-0.05, 0) is 6.42 Å². The van der Waals surface area contributed by atoms with Crippen molar-refractivity contribution in [3.8, 4) is 0 Å². The Morgan fingerprint density at radius 1 is 1.25 bits per heavy atom. The second-order valence-corrected chi connectivity index (χ2v) is 9.81. The summed E-state index contributed by atoms with van der Waals surface area (Å²) in [5.41, 5.74) is -0.171. The van der Waals surface area contributed by atoms with E-state index in [1.807, 2.05) is 0 Å². The molecule has 2 rings (SSSR count). The molecule has 0 spiro atoms. The molecule has 0 aromatic rings. The normalized spacial score (nSPS) is 44.0. The number of aliphatic hydroxyl groups is 1. The van der Waals surface area contributed by atoms with E-state index >= 15 is 0 Å². The van der Waals surface area contributed by atoms with E-state index in [9.17, 15) is 0 Å². The molecule has 4 heteroatoms. The molecule has 0 aromatic heterocycles. The fraction of sp³-hybridized carbons (Fsp3) is 1.00. The summed E-state index contributed by atoms with van der Waals surface area (Å²) in [6.45, 7) is 6.98. The summed E-state index contributed by atoms with van der Waals surface area (Å²) in [5.74, 6) is -0.250. The van der Waals surface area contributed by atoms with Crippen molar-refractivity contribution in [2.45, 2.75) is 43.7 Å². The van der Waals surface area contributed by atoms with E-state index in [1.165, 1.54) is 0 Å². The van der Waals surface area contributed by atoms with Gasteiger partial charge in [0.05, 0.1) is 0 Å². The van der Waals surface area contributed by atoms with Gasteiger partial charge in [-0.2, -0.15) is 0 Å². The van der Waals surface area contributed by atoms with Crippen LogP contribution in [-0.2, 0) is 9.47 Å². The van der Waals surface area contributed by atoms with Gasteiger partial charge in [0.15, 0.2) is 0 Å². The topological polar surface area (TPSA) is 45.3 Å². The molecule has 2 fully saturated rings. The number of hydrogen-bond donors (Lipinski definition) is 1. The average Bonchev–Trinajstić information content (AvgIpc) is 2.65. The van der Waals surface area contributed by atoms with E-state index in [4.69, 9.17) is 14.6 Å². The van der Waals surface area contributed by atoms with Crippen LogP contribution in [0.5, 0.6) is 0 Å². The summed E-state index contributed by atoms with van der Waals surface area (Å²) in [6, 6.07) is 0. The summed E-state index contributed by atoms with van der Waals surface area (Å²) in [6.07, 6.45) is 1.64. The number of ether oxygens (including phenoxy) is 2. The molecule has 3 nitrogen and oxygen atoms in total. The Balaban J connectivity index is 1.92. The second-order valence-electron chi connectivity index (χ2n) is 4.65. The Hall–Kier alpha value is 0.0969. The zero-order chi connectivity index (χ0) is 9.04. The molecule has 2 aliphatic rings. The molecule has 0 unspecified atom stereocenters. The van der Waals surface area contributed by atoms with Gasteiger partial charge in [-0.3, -0.25) is 0 Å². The Labute approximate surface area is 73.7 Å². The molecule has 0 atom stereocenters. The van der Waals surface area contributed by atoms with E-state index in [1.54, 1.807) is 0 Å². The van der Waals surface area contributed by atoms with Crippen molar-refractivity contribution in [1.82, 2.24) is 0 Å². The minimum absolute atomic E-state index is 0.171. The van der Waals surface area contributed by atoms with Crippen LogP contribution in [0.2, 0.25) is 19.6 Å². The van der Waals surface area contributed by atoms with E-state index in [0.717, 1.165) is 12.8 Å². The van der Waals surface area contributed by atoms with Gasteiger partial charge in [-0.1, -0.05) is 19.6 Å². The van der Waals surface area contributed by atoms with Crippen LogP contribution < -0.4 is 0 Å². The fourth-order valence-electron chi connectivity index (χ4n) is 1.88. The first-order valence-electron chi connectivity index (χ1n) is 4.49. The zero-order valence-electron chi connectivity index (χ0n) is 7.89. The Kier molecular flexibility index (Phi) is 1.53. The highest BCUT2D eigenvalue weighted by molar-refractivity contribution is 6.80. The van der Waals surface area contributed by atoms with Crippen molar-refractivity contribution < 1.29 is 14.6 Å². The summed E-state index contributed by atoms with van der Waals surface area (Å²) < 4.78 is 11.2. The molecule has 0 aliphatic carbocycles. The number of epoxide rings is 2. The van der Waals surface area contributed by atoms with E-state index in [2.05, 4.69) is 19.6 Å². The third kappa shape index (κ3) is 0.864. The highest BCUT2D eigenvalue weighted by Crippen LogP contribution is 2.73. The molecule has 0 bridgehead atoms.